The summed E-state index contributed by atoms with van der Waals surface area (Å²) < 4.78 is 19.3. The van der Waals surface area contributed by atoms with Crippen LogP contribution in [0.15, 0.2) is 5.51 Å². The zero-order chi connectivity index (χ0) is 17.8. The molecule has 0 radical (unpaired) electrons. The molecule has 0 N–H and O–H groups in total. The maximum absolute atomic E-state index is 14.0. The van der Waals surface area contributed by atoms with Crippen molar-refractivity contribution in [1.82, 2.24) is 19.7 Å². The molecule has 2 aliphatic heterocycles. The van der Waals surface area contributed by atoms with Crippen LogP contribution in [-0.4, -0.2) is 90.8 Å². The van der Waals surface area contributed by atoms with E-state index in [1.165, 1.54) is 4.88 Å². The summed E-state index contributed by atoms with van der Waals surface area (Å²) in [6.07, 6.45) is -0.255. The second kappa shape index (κ2) is 8.53. The van der Waals surface area contributed by atoms with Crippen molar-refractivity contribution >= 4 is 17.2 Å². The molecule has 1 aromatic heterocycles. The quantitative estimate of drug-likeness (QED) is 0.752. The second-order valence-electron chi connectivity index (χ2n) is 6.97. The molecule has 2 saturated heterocycles. The molecule has 1 aromatic rings. The van der Waals surface area contributed by atoms with Crippen LogP contribution in [-0.2, 0) is 16.1 Å². The van der Waals surface area contributed by atoms with Crippen molar-refractivity contribution in [3.63, 3.8) is 0 Å². The van der Waals surface area contributed by atoms with Crippen LogP contribution in [0.5, 0.6) is 0 Å². The number of nitrogens with zero attached hydrogens (tertiary/aromatic N) is 4. The van der Waals surface area contributed by atoms with Gasteiger partial charge < -0.3 is 9.64 Å². The molecule has 2 aliphatic rings. The van der Waals surface area contributed by atoms with Crippen molar-refractivity contribution in [2.75, 3.05) is 53.0 Å². The number of aromatic nitrogens is 1. The molecule has 6 nitrogen and oxygen atoms in total. The van der Waals surface area contributed by atoms with Crippen molar-refractivity contribution in [2.45, 2.75) is 32.1 Å². The Morgan fingerprint density at radius 2 is 2.24 bits per heavy atom. The molecular formula is C17H27FN4O2S. The molecule has 2 atom stereocenters. The van der Waals surface area contributed by atoms with E-state index in [9.17, 15) is 9.18 Å². The van der Waals surface area contributed by atoms with Gasteiger partial charge in [0.15, 0.2) is 0 Å². The SMILES string of the molecule is Cc1ncsc1CN1C[C@@H](F)C[C@H]1CN(C)CC(=O)N1CCOCC1. The number of ether oxygens (including phenoxy) is 1. The van der Waals surface area contributed by atoms with E-state index in [1.54, 1.807) is 11.3 Å². The summed E-state index contributed by atoms with van der Waals surface area (Å²) in [5, 5.41) is 0. The second-order valence-corrected chi connectivity index (χ2v) is 7.91. The molecule has 0 unspecified atom stereocenters. The van der Waals surface area contributed by atoms with Crippen molar-refractivity contribution < 1.29 is 13.9 Å². The summed E-state index contributed by atoms with van der Waals surface area (Å²) in [5.74, 6) is 0.130. The number of halogens is 1. The van der Waals surface area contributed by atoms with Crippen LogP contribution in [0.4, 0.5) is 4.39 Å². The van der Waals surface area contributed by atoms with Crippen LogP contribution < -0.4 is 0 Å². The Hall–Kier alpha value is -1.09. The van der Waals surface area contributed by atoms with Crippen molar-refractivity contribution in [2.24, 2.45) is 0 Å². The summed E-state index contributed by atoms with van der Waals surface area (Å²) in [6, 6.07) is 0.138. The van der Waals surface area contributed by atoms with Gasteiger partial charge in [-0.3, -0.25) is 14.6 Å². The monoisotopic (exact) mass is 370 g/mol. The van der Waals surface area contributed by atoms with Gasteiger partial charge in [0.25, 0.3) is 0 Å². The minimum atomic E-state index is -0.790. The Labute approximate surface area is 152 Å². The number of likely N-dealkylation sites (N-methyl/N-ethyl adjacent to an activating group) is 1. The van der Waals surface area contributed by atoms with E-state index < -0.39 is 6.17 Å². The number of aryl methyl sites for hydroxylation is 1. The molecule has 0 bridgehead atoms. The Balaban J connectivity index is 1.52. The van der Waals surface area contributed by atoms with Gasteiger partial charge in [-0.2, -0.15) is 0 Å². The molecule has 0 saturated carbocycles. The first-order valence-electron chi connectivity index (χ1n) is 8.84. The standard InChI is InChI=1S/C17H27FN4O2S/c1-13-16(25-12-19-13)10-22-8-14(18)7-15(22)9-20(2)11-17(23)21-3-5-24-6-4-21/h12,14-15H,3-11H2,1-2H3/t14-,15-/m0/s1. The van der Waals surface area contributed by atoms with Crippen LogP contribution in [0.1, 0.15) is 17.0 Å². The molecule has 3 heterocycles. The molecule has 0 aromatic carbocycles. The molecule has 0 spiro atoms. The van der Waals surface area contributed by atoms with E-state index in [0.717, 1.165) is 12.2 Å². The lowest BCUT2D eigenvalue weighted by atomic mass is 10.2. The van der Waals surface area contributed by atoms with Gasteiger partial charge in [0.05, 0.1) is 31.0 Å². The first-order chi connectivity index (χ1) is 12.0. The van der Waals surface area contributed by atoms with Crippen LogP contribution in [0.2, 0.25) is 0 Å². The molecule has 8 heteroatoms. The highest BCUT2D eigenvalue weighted by Crippen LogP contribution is 2.25. The number of morpholine rings is 1. The minimum Gasteiger partial charge on any atom is -0.378 e. The Morgan fingerprint density at radius 3 is 2.92 bits per heavy atom. The summed E-state index contributed by atoms with van der Waals surface area (Å²) in [7, 11) is 1.94. The minimum absolute atomic E-state index is 0.130. The zero-order valence-corrected chi connectivity index (χ0v) is 15.8. The molecule has 2 fully saturated rings. The van der Waals surface area contributed by atoms with Gasteiger partial charge in [0, 0.05) is 43.6 Å². The smallest absolute Gasteiger partial charge is 0.236 e. The van der Waals surface area contributed by atoms with E-state index in [4.69, 9.17) is 4.74 Å². The van der Waals surface area contributed by atoms with Crippen LogP contribution in [0.25, 0.3) is 0 Å². The first-order valence-corrected chi connectivity index (χ1v) is 9.72. The number of hydrogen-bond donors (Lipinski definition) is 0. The third-order valence-electron chi connectivity index (χ3n) is 4.96. The fourth-order valence-electron chi connectivity index (χ4n) is 3.54. The van der Waals surface area contributed by atoms with Crippen molar-refractivity contribution in [3.8, 4) is 0 Å². The number of alkyl halides is 1. The van der Waals surface area contributed by atoms with Gasteiger partial charge in [0.1, 0.15) is 6.17 Å². The highest BCUT2D eigenvalue weighted by Gasteiger charge is 2.33. The average molecular weight is 370 g/mol. The zero-order valence-electron chi connectivity index (χ0n) is 15.0. The number of carbonyl (C=O) groups excluding carboxylic acids is 1. The normalized spacial score (nSPS) is 25.0. The summed E-state index contributed by atoms with van der Waals surface area (Å²) in [6.45, 7) is 6.85. The third-order valence-corrected chi connectivity index (χ3v) is 5.88. The lowest BCUT2D eigenvalue weighted by Crippen LogP contribution is -2.47. The van der Waals surface area contributed by atoms with E-state index >= 15 is 0 Å². The number of hydrogen-bond acceptors (Lipinski definition) is 6. The molecule has 140 valence electrons. The topological polar surface area (TPSA) is 48.9 Å². The highest BCUT2D eigenvalue weighted by atomic mass is 32.1. The first kappa shape index (κ1) is 18.7. The molecule has 1 amide bonds. The van der Waals surface area contributed by atoms with Crippen LogP contribution in [0, 0.1) is 6.92 Å². The predicted molar refractivity (Wildman–Crippen MR) is 95.5 cm³/mol. The lowest BCUT2D eigenvalue weighted by Gasteiger charge is -2.31. The Kier molecular flexibility index (Phi) is 6.38. The van der Waals surface area contributed by atoms with Gasteiger partial charge in [-0.1, -0.05) is 0 Å². The van der Waals surface area contributed by atoms with Gasteiger partial charge in [0.2, 0.25) is 5.91 Å². The average Bonchev–Trinajstić information content (AvgIpc) is 3.14. The van der Waals surface area contributed by atoms with E-state index in [0.29, 0.717) is 52.4 Å². The van der Waals surface area contributed by atoms with Crippen molar-refractivity contribution in [1.29, 1.82) is 0 Å². The van der Waals surface area contributed by atoms with Gasteiger partial charge in [-0.25, -0.2) is 9.37 Å². The summed E-state index contributed by atoms with van der Waals surface area (Å²) in [5.41, 5.74) is 2.87. The molecular weight excluding hydrogens is 343 g/mol. The van der Waals surface area contributed by atoms with Gasteiger partial charge in [-0.15, -0.1) is 11.3 Å². The number of carbonyl (C=O) groups is 1. The fourth-order valence-corrected chi connectivity index (χ4v) is 4.34. The Bertz CT molecular complexity index is 579. The van der Waals surface area contributed by atoms with Crippen molar-refractivity contribution in [3.05, 3.63) is 16.1 Å². The number of likely N-dealkylation sites (tertiary alicyclic amines) is 1. The number of amides is 1. The largest absolute Gasteiger partial charge is 0.378 e. The van der Waals surface area contributed by atoms with Crippen LogP contribution >= 0.6 is 11.3 Å². The maximum Gasteiger partial charge on any atom is 0.236 e. The number of rotatable bonds is 6. The maximum atomic E-state index is 14.0. The third kappa shape index (κ3) is 4.97. The lowest BCUT2D eigenvalue weighted by molar-refractivity contribution is -0.136. The van der Waals surface area contributed by atoms with E-state index in [-0.39, 0.29) is 11.9 Å². The van der Waals surface area contributed by atoms with Crippen LogP contribution in [0.3, 0.4) is 0 Å². The van der Waals surface area contributed by atoms with E-state index in [2.05, 4.69) is 9.88 Å². The predicted octanol–water partition coefficient (Wildman–Crippen LogP) is 1.15. The molecule has 0 aliphatic carbocycles. The summed E-state index contributed by atoms with van der Waals surface area (Å²) >= 11 is 1.63. The molecule has 25 heavy (non-hydrogen) atoms. The number of thiazole rings is 1. The van der Waals surface area contributed by atoms with E-state index in [1.807, 2.05) is 29.3 Å². The van der Waals surface area contributed by atoms with Gasteiger partial charge >= 0.3 is 0 Å². The summed E-state index contributed by atoms with van der Waals surface area (Å²) in [4.78, 5) is 23.9. The fraction of sp³-hybridized carbons (Fsp3) is 0.765. The van der Waals surface area contributed by atoms with Gasteiger partial charge in [-0.05, 0) is 20.4 Å². The molecule has 3 rings (SSSR count). The highest BCUT2D eigenvalue weighted by molar-refractivity contribution is 7.09. The Morgan fingerprint density at radius 1 is 1.48 bits per heavy atom.